The molecule has 2 aromatic rings. The molecular formula is C18H21ClN4OS2. The summed E-state index contributed by atoms with van der Waals surface area (Å²) in [6.45, 7) is 4.08. The molecule has 0 aliphatic carbocycles. The van der Waals surface area contributed by atoms with Crippen LogP contribution >= 0.6 is 34.7 Å². The van der Waals surface area contributed by atoms with Crippen molar-refractivity contribution in [3.05, 3.63) is 39.9 Å². The van der Waals surface area contributed by atoms with Crippen LogP contribution in [0.25, 0.3) is 0 Å². The van der Waals surface area contributed by atoms with Gasteiger partial charge in [-0.25, -0.2) is 10.4 Å². The number of nitrogens with zero attached hydrogens (tertiary/aromatic N) is 3. The fraction of sp³-hybridized carbons (Fsp3) is 0.389. The number of carbonyl (C=O) groups excluding carboxylic acids is 1. The van der Waals surface area contributed by atoms with Crippen molar-refractivity contribution in [2.24, 2.45) is 5.10 Å². The minimum atomic E-state index is -0.149. The highest BCUT2D eigenvalue weighted by Gasteiger charge is 2.16. The smallest absolute Gasteiger partial charge is 0.250 e. The van der Waals surface area contributed by atoms with Crippen LogP contribution < -0.4 is 10.3 Å². The monoisotopic (exact) mass is 408 g/mol. The molecule has 1 amide bonds. The number of hydrogen-bond donors (Lipinski definition) is 1. The number of nitrogens with one attached hydrogen (secondary N) is 1. The lowest BCUT2D eigenvalue weighted by Gasteiger charge is -2.25. The van der Waals surface area contributed by atoms with Gasteiger partial charge in [0.1, 0.15) is 0 Å². The topological polar surface area (TPSA) is 57.6 Å². The van der Waals surface area contributed by atoms with Gasteiger partial charge in [0.05, 0.1) is 16.8 Å². The third-order valence-corrected chi connectivity index (χ3v) is 6.45. The number of benzene rings is 1. The Bertz CT molecular complexity index is 770. The zero-order valence-electron chi connectivity index (χ0n) is 14.6. The third-order valence-electron chi connectivity index (χ3n) is 3.99. The van der Waals surface area contributed by atoms with Gasteiger partial charge in [-0.2, -0.15) is 5.10 Å². The van der Waals surface area contributed by atoms with Crippen LogP contribution in [-0.4, -0.2) is 35.9 Å². The molecule has 0 unspecified atom stereocenters. The molecule has 1 aromatic heterocycles. The molecule has 1 aromatic carbocycles. The first-order valence-electron chi connectivity index (χ1n) is 8.54. The molecule has 5 nitrogen and oxygen atoms in total. The van der Waals surface area contributed by atoms with Crippen LogP contribution in [0, 0.1) is 6.92 Å². The Morgan fingerprint density at radius 2 is 2.08 bits per heavy atom. The number of thiazole rings is 1. The zero-order valence-corrected chi connectivity index (χ0v) is 17.0. The molecule has 2 heterocycles. The summed E-state index contributed by atoms with van der Waals surface area (Å²) in [5.41, 5.74) is 3.75. The minimum absolute atomic E-state index is 0.149. The Kier molecular flexibility index (Phi) is 6.93. The molecule has 0 spiro atoms. The van der Waals surface area contributed by atoms with Gasteiger partial charge >= 0.3 is 0 Å². The number of halogens is 1. The second-order valence-electron chi connectivity index (χ2n) is 6.09. The molecule has 0 radical (unpaired) electrons. The average molecular weight is 409 g/mol. The van der Waals surface area contributed by atoms with E-state index in [1.807, 2.05) is 31.2 Å². The van der Waals surface area contributed by atoms with Crippen molar-refractivity contribution in [2.75, 3.05) is 23.7 Å². The highest BCUT2D eigenvalue weighted by Crippen LogP contribution is 2.30. The molecule has 1 aliphatic heterocycles. The summed E-state index contributed by atoms with van der Waals surface area (Å²) in [5.74, 6) is 0.166. The van der Waals surface area contributed by atoms with Gasteiger partial charge in [0.15, 0.2) is 10.3 Å². The average Bonchev–Trinajstić information content (AvgIpc) is 3.03. The highest BCUT2D eigenvalue weighted by molar-refractivity contribution is 8.00. The fourth-order valence-electron chi connectivity index (χ4n) is 2.58. The van der Waals surface area contributed by atoms with Crippen molar-refractivity contribution in [1.82, 2.24) is 10.4 Å². The molecule has 1 aliphatic rings. The number of rotatable bonds is 6. The summed E-state index contributed by atoms with van der Waals surface area (Å²) in [4.78, 5) is 20.4. The van der Waals surface area contributed by atoms with Crippen molar-refractivity contribution < 1.29 is 4.79 Å². The van der Waals surface area contributed by atoms with Gasteiger partial charge in [0.25, 0.3) is 0 Å². The Hall–Kier alpha value is -1.57. The Morgan fingerprint density at radius 3 is 2.81 bits per heavy atom. The third kappa shape index (κ3) is 5.46. The van der Waals surface area contributed by atoms with Gasteiger partial charge in [0, 0.05) is 18.0 Å². The van der Waals surface area contributed by atoms with Crippen LogP contribution in [-0.2, 0) is 4.79 Å². The maximum Gasteiger partial charge on any atom is 0.250 e. The van der Waals surface area contributed by atoms with Gasteiger partial charge < -0.3 is 4.90 Å². The van der Waals surface area contributed by atoms with Crippen molar-refractivity contribution in [2.45, 2.75) is 31.1 Å². The molecule has 1 N–H and O–H groups in total. The number of hydrazone groups is 1. The maximum atomic E-state index is 11.9. The van der Waals surface area contributed by atoms with E-state index in [1.54, 1.807) is 6.21 Å². The number of aryl methyl sites for hydroxylation is 1. The van der Waals surface area contributed by atoms with E-state index in [4.69, 9.17) is 11.6 Å². The molecule has 8 heteroatoms. The molecule has 138 valence electrons. The number of hydrogen-bond acceptors (Lipinski definition) is 6. The number of carbonyl (C=O) groups is 1. The minimum Gasteiger partial charge on any atom is -0.348 e. The molecule has 0 bridgehead atoms. The molecule has 3 rings (SSSR count). The molecule has 0 atom stereocenters. The van der Waals surface area contributed by atoms with Crippen LogP contribution in [0.2, 0.25) is 5.15 Å². The van der Waals surface area contributed by atoms with Gasteiger partial charge in [-0.1, -0.05) is 40.6 Å². The first kappa shape index (κ1) is 19.2. The maximum absolute atomic E-state index is 11.9. The van der Waals surface area contributed by atoms with E-state index >= 15 is 0 Å². The van der Waals surface area contributed by atoms with Crippen molar-refractivity contribution in [1.29, 1.82) is 0 Å². The van der Waals surface area contributed by atoms with Crippen LogP contribution in [0.5, 0.6) is 0 Å². The van der Waals surface area contributed by atoms with Crippen LogP contribution in [0.3, 0.4) is 0 Å². The van der Waals surface area contributed by atoms with Crippen LogP contribution in [0.1, 0.15) is 29.7 Å². The number of thioether (sulfide) groups is 1. The zero-order chi connectivity index (χ0) is 18.4. The molecule has 0 saturated carbocycles. The van der Waals surface area contributed by atoms with Crippen molar-refractivity contribution in [3.63, 3.8) is 0 Å². The summed E-state index contributed by atoms with van der Waals surface area (Å²) < 4.78 is 0. The van der Waals surface area contributed by atoms with Crippen molar-refractivity contribution >= 4 is 52.0 Å². The normalized spacial score (nSPS) is 14.8. The Morgan fingerprint density at radius 1 is 1.35 bits per heavy atom. The van der Waals surface area contributed by atoms with E-state index in [9.17, 15) is 4.79 Å². The van der Waals surface area contributed by atoms with Crippen molar-refractivity contribution in [3.8, 4) is 0 Å². The lowest BCUT2D eigenvalue weighted by molar-refractivity contribution is -0.118. The van der Waals surface area contributed by atoms with E-state index in [0.717, 1.165) is 28.0 Å². The molecule has 26 heavy (non-hydrogen) atoms. The summed E-state index contributed by atoms with van der Waals surface area (Å²) >= 11 is 9.19. The molecule has 1 saturated heterocycles. The van der Waals surface area contributed by atoms with E-state index in [2.05, 4.69) is 20.4 Å². The van der Waals surface area contributed by atoms with Gasteiger partial charge in [0.2, 0.25) is 5.91 Å². The second kappa shape index (κ2) is 9.39. The number of aromatic nitrogens is 1. The standard InChI is InChI=1S/C18H21ClN4OS2/c1-13-5-7-14(8-6-13)25-12-16(24)22-20-11-15-17(19)21-18(26-15)23-9-3-2-4-10-23/h5-8,11H,2-4,9-10,12H2,1H3,(H,22,24)/b20-11-. The Balaban J connectivity index is 1.49. The molecule has 1 fully saturated rings. The van der Waals surface area contributed by atoms with Gasteiger partial charge in [-0.05, 0) is 38.3 Å². The number of anilines is 1. The summed E-state index contributed by atoms with van der Waals surface area (Å²) in [7, 11) is 0. The highest BCUT2D eigenvalue weighted by atomic mass is 35.5. The van der Waals surface area contributed by atoms with E-state index in [0.29, 0.717) is 10.9 Å². The van der Waals surface area contributed by atoms with Crippen LogP contribution in [0.15, 0.2) is 34.3 Å². The van der Waals surface area contributed by atoms with E-state index in [1.165, 1.54) is 47.9 Å². The predicted molar refractivity (Wildman–Crippen MR) is 111 cm³/mol. The quantitative estimate of drug-likeness (QED) is 0.439. The van der Waals surface area contributed by atoms with E-state index < -0.39 is 0 Å². The molecular weight excluding hydrogens is 388 g/mol. The van der Waals surface area contributed by atoms with Crippen LogP contribution in [0.4, 0.5) is 5.13 Å². The second-order valence-corrected chi connectivity index (χ2v) is 8.51. The summed E-state index contributed by atoms with van der Waals surface area (Å²) in [6, 6.07) is 8.08. The fourth-order valence-corrected chi connectivity index (χ4v) is 4.45. The van der Waals surface area contributed by atoms with Gasteiger partial charge in [-0.15, -0.1) is 11.8 Å². The number of piperidine rings is 1. The van der Waals surface area contributed by atoms with E-state index in [-0.39, 0.29) is 5.91 Å². The van der Waals surface area contributed by atoms with Gasteiger partial charge in [-0.3, -0.25) is 4.79 Å². The lowest BCUT2D eigenvalue weighted by Crippen LogP contribution is -2.29. The summed E-state index contributed by atoms with van der Waals surface area (Å²) in [6.07, 6.45) is 5.23. The summed E-state index contributed by atoms with van der Waals surface area (Å²) in [5, 5.41) is 5.38. The predicted octanol–water partition coefficient (Wildman–Crippen LogP) is 4.34. The number of amides is 1. The first-order valence-corrected chi connectivity index (χ1v) is 10.7. The largest absolute Gasteiger partial charge is 0.348 e. The Labute approximate surface area is 166 Å². The lowest BCUT2D eigenvalue weighted by atomic mass is 10.1. The SMILES string of the molecule is Cc1ccc(SCC(=O)N/N=C\c2sc(N3CCCCC3)nc2Cl)cc1. The first-order chi connectivity index (χ1) is 12.6.